The average Bonchev–Trinajstić information content (AvgIpc) is 2.26. The maximum absolute atomic E-state index is 12.9. The minimum atomic E-state index is -0.888. The summed E-state index contributed by atoms with van der Waals surface area (Å²) in [6, 6.07) is 5.64. The van der Waals surface area contributed by atoms with E-state index in [1.54, 1.807) is 19.1 Å². The fourth-order valence-electron chi connectivity index (χ4n) is 1.57. The SMILES string of the molecule is CC(CCC(=O)O)NC(=O)Cc1cccc(F)c1. The van der Waals surface area contributed by atoms with Crippen molar-refractivity contribution in [2.24, 2.45) is 0 Å². The Bertz CT molecular complexity index is 434. The molecule has 18 heavy (non-hydrogen) atoms. The molecule has 4 nitrogen and oxygen atoms in total. The van der Waals surface area contributed by atoms with Crippen LogP contribution in [0.15, 0.2) is 24.3 Å². The number of aliphatic carboxylic acids is 1. The van der Waals surface area contributed by atoms with E-state index in [0.29, 0.717) is 12.0 Å². The van der Waals surface area contributed by atoms with E-state index in [2.05, 4.69) is 5.32 Å². The van der Waals surface area contributed by atoms with Gasteiger partial charge in [-0.2, -0.15) is 0 Å². The molecule has 0 fully saturated rings. The van der Waals surface area contributed by atoms with Gasteiger partial charge in [-0.3, -0.25) is 9.59 Å². The van der Waals surface area contributed by atoms with Crippen LogP contribution >= 0.6 is 0 Å². The summed E-state index contributed by atoms with van der Waals surface area (Å²) in [6.07, 6.45) is 0.487. The van der Waals surface area contributed by atoms with Crippen LogP contribution in [0.2, 0.25) is 0 Å². The van der Waals surface area contributed by atoms with Gasteiger partial charge in [0.1, 0.15) is 5.82 Å². The van der Waals surface area contributed by atoms with Crippen LogP contribution < -0.4 is 5.32 Å². The third kappa shape index (κ3) is 5.43. The molecule has 1 atom stereocenters. The number of rotatable bonds is 6. The summed E-state index contributed by atoms with van der Waals surface area (Å²) in [5, 5.41) is 11.2. The summed E-state index contributed by atoms with van der Waals surface area (Å²) in [7, 11) is 0. The maximum Gasteiger partial charge on any atom is 0.303 e. The van der Waals surface area contributed by atoms with Gasteiger partial charge in [-0.25, -0.2) is 4.39 Å². The van der Waals surface area contributed by atoms with Crippen molar-refractivity contribution in [2.45, 2.75) is 32.2 Å². The molecule has 1 rings (SSSR count). The van der Waals surface area contributed by atoms with E-state index in [4.69, 9.17) is 5.11 Å². The molecule has 0 aliphatic rings. The number of nitrogens with one attached hydrogen (secondary N) is 1. The molecule has 0 radical (unpaired) electrons. The van der Waals surface area contributed by atoms with Gasteiger partial charge in [0, 0.05) is 12.5 Å². The topological polar surface area (TPSA) is 66.4 Å². The van der Waals surface area contributed by atoms with Gasteiger partial charge in [0.15, 0.2) is 0 Å². The number of benzene rings is 1. The molecule has 0 aliphatic carbocycles. The van der Waals surface area contributed by atoms with Gasteiger partial charge in [0.2, 0.25) is 5.91 Å². The highest BCUT2D eigenvalue weighted by Gasteiger charge is 2.10. The number of amides is 1. The van der Waals surface area contributed by atoms with E-state index in [9.17, 15) is 14.0 Å². The first-order valence-electron chi connectivity index (χ1n) is 5.73. The molecule has 1 amide bonds. The number of carboxylic acids is 1. The predicted molar refractivity (Wildman–Crippen MR) is 64.6 cm³/mol. The van der Waals surface area contributed by atoms with E-state index >= 15 is 0 Å². The summed E-state index contributed by atoms with van der Waals surface area (Å²) in [5.74, 6) is -1.50. The van der Waals surface area contributed by atoms with Gasteiger partial charge in [-0.05, 0) is 31.0 Å². The van der Waals surface area contributed by atoms with E-state index in [-0.39, 0.29) is 30.6 Å². The fourth-order valence-corrected chi connectivity index (χ4v) is 1.57. The minimum absolute atomic E-state index is 0.0153. The summed E-state index contributed by atoms with van der Waals surface area (Å²) in [5.41, 5.74) is 0.595. The smallest absolute Gasteiger partial charge is 0.303 e. The van der Waals surface area contributed by atoms with Gasteiger partial charge in [0.25, 0.3) is 0 Å². The van der Waals surface area contributed by atoms with Crippen molar-refractivity contribution in [2.75, 3.05) is 0 Å². The molecule has 0 saturated heterocycles. The lowest BCUT2D eigenvalue weighted by atomic mass is 10.1. The standard InChI is InChI=1S/C13H16FNO3/c1-9(5-6-13(17)18)15-12(16)8-10-3-2-4-11(14)7-10/h2-4,7,9H,5-6,8H2,1H3,(H,15,16)(H,17,18). The second kappa shape index (κ2) is 6.74. The first-order valence-corrected chi connectivity index (χ1v) is 5.73. The molecule has 0 spiro atoms. The number of hydrogen-bond acceptors (Lipinski definition) is 2. The highest BCUT2D eigenvalue weighted by atomic mass is 19.1. The van der Waals surface area contributed by atoms with Gasteiger partial charge in [-0.15, -0.1) is 0 Å². The second-order valence-corrected chi connectivity index (χ2v) is 4.21. The molecule has 0 heterocycles. The Kier molecular flexibility index (Phi) is 5.30. The van der Waals surface area contributed by atoms with Crippen molar-refractivity contribution in [3.63, 3.8) is 0 Å². The Balaban J connectivity index is 2.39. The first-order chi connectivity index (χ1) is 8.47. The molecular formula is C13H16FNO3. The van der Waals surface area contributed by atoms with Crippen LogP contribution in [0.5, 0.6) is 0 Å². The highest BCUT2D eigenvalue weighted by molar-refractivity contribution is 5.78. The molecular weight excluding hydrogens is 237 g/mol. The third-order valence-electron chi connectivity index (χ3n) is 2.45. The zero-order valence-corrected chi connectivity index (χ0v) is 10.1. The molecule has 1 unspecified atom stereocenters. The molecule has 0 saturated carbocycles. The van der Waals surface area contributed by atoms with Crippen LogP contribution in [0.1, 0.15) is 25.3 Å². The van der Waals surface area contributed by atoms with Crippen LogP contribution in [-0.4, -0.2) is 23.0 Å². The largest absolute Gasteiger partial charge is 0.481 e. The number of carbonyl (C=O) groups excluding carboxylic acids is 1. The second-order valence-electron chi connectivity index (χ2n) is 4.21. The number of carboxylic acid groups (broad SMARTS) is 1. The molecule has 0 aliphatic heterocycles. The lowest BCUT2D eigenvalue weighted by Gasteiger charge is -2.12. The van der Waals surface area contributed by atoms with Crippen LogP contribution in [0.25, 0.3) is 0 Å². The van der Waals surface area contributed by atoms with Crippen LogP contribution in [-0.2, 0) is 16.0 Å². The van der Waals surface area contributed by atoms with Crippen LogP contribution in [0, 0.1) is 5.82 Å². The predicted octanol–water partition coefficient (Wildman–Crippen LogP) is 1.74. The fraction of sp³-hybridized carbons (Fsp3) is 0.385. The summed E-state index contributed by atoms with van der Waals surface area (Å²) >= 11 is 0. The first kappa shape index (κ1) is 14.2. The van der Waals surface area contributed by atoms with Crippen molar-refractivity contribution in [3.8, 4) is 0 Å². The monoisotopic (exact) mass is 253 g/mol. The van der Waals surface area contributed by atoms with E-state index in [1.165, 1.54) is 12.1 Å². The lowest BCUT2D eigenvalue weighted by molar-refractivity contribution is -0.137. The number of carbonyl (C=O) groups is 2. The Morgan fingerprint density at radius 2 is 2.17 bits per heavy atom. The van der Waals surface area contributed by atoms with E-state index < -0.39 is 5.97 Å². The van der Waals surface area contributed by atoms with Gasteiger partial charge < -0.3 is 10.4 Å². The summed E-state index contributed by atoms with van der Waals surface area (Å²) < 4.78 is 12.9. The van der Waals surface area contributed by atoms with Crippen molar-refractivity contribution < 1.29 is 19.1 Å². The Morgan fingerprint density at radius 1 is 1.44 bits per heavy atom. The maximum atomic E-state index is 12.9. The third-order valence-corrected chi connectivity index (χ3v) is 2.45. The number of hydrogen-bond donors (Lipinski definition) is 2. The van der Waals surface area contributed by atoms with Gasteiger partial charge in [0.05, 0.1) is 6.42 Å². The van der Waals surface area contributed by atoms with E-state index in [0.717, 1.165) is 0 Å². The van der Waals surface area contributed by atoms with E-state index in [1.807, 2.05) is 0 Å². The summed E-state index contributed by atoms with van der Waals surface area (Å²) in [4.78, 5) is 22.0. The molecule has 1 aromatic rings. The Labute approximate surface area is 105 Å². The molecule has 2 N–H and O–H groups in total. The zero-order chi connectivity index (χ0) is 13.5. The number of halogens is 1. The molecule has 5 heteroatoms. The molecule has 0 bridgehead atoms. The average molecular weight is 253 g/mol. The summed E-state index contributed by atoms with van der Waals surface area (Å²) in [6.45, 7) is 1.74. The van der Waals surface area contributed by atoms with Gasteiger partial charge >= 0.3 is 5.97 Å². The van der Waals surface area contributed by atoms with Crippen molar-refractivity contribution in [1.29, 1.82) is 0 Å². The van der Waals surface area contributed by atoms with Crippen molar-refractivity contribution in [3.05, 3.63) is 35.6 Å². The van der Waals surface area contributed by atoms with Crippen molar-refractivity contribution in [1.82, 2.24) is 5.32 Å². The molecule has 98 valence electrons. The Morgan fingerprint density at radius 3 is 2.78 bits per heavy atom. The quantitative estimate of drug-likeness (QED) is 0.811. The van der Waals surface area contributed by atoms with Crippen LogP contribution in [0.4, 0.5) is 4.39 Å². The lowest BCUT2D eigenvalue weighted by Crippen LogP contribution is -2.34. The minimum Gasteiger partial charge on any atom is -0.481 e. The normalized spacial score (nSPS) is 11.9. The Hall–Kier alpha value is -1.91. The van der Waals surface area contributed by atoms with Crippen LogP contribution in [0.3, 0.4) is 0 Å². The molecule has 0 aromatic heterocycles. The zero-order valence-electron chi connectivity index (χ0n) is 10.1. The van der Waals surface area contributed by atoms with Crippen molar-refractivity contribution >= 4 is 11.9 Å². The van der Waals surface area contributed by atoms with Gasteiger partial charge in [-0.1, -0.05) is 12.1 Å². The highest BCUT2D eigenvalue weighted by Crippen LogP contribution is 2.05. The molecule has 1 aromatic carbocycles.